The molecule has 0 aromatic heterocycles. The molecule has 7 heteroatoms. The molecule has 0 radical (unpaired) electrons. The van der Waals surface area contributed by atoms with E-state index < -0.39 is 10.7 Å². The second kappa shape index (κ2) is 5.75. The average molecular weight is 297 g/mol. The van der Waals surface area contributed by atoms with Gasteiger partial charge in [0.15, 0.2) is 0 Å². The summed E-state index contributed by atoms with van der Waals surface area (Å²) in [6, 6.07) is 7.85. The van der Waals surface area contributed by atoms with Crippen LogP contribution in [0.5, 0.6) is 5.75 Å². The van der Waals surface area contributed by atoms with E-state index in [1.54, 1.807) is 12.1 Å². The van der Waals surface area contributed by atoms with E-state index in [-0.39, 0.29) is 23.7 Å². The van der Waals surface area contributed by atoms with E-state index in [0.717, 1.165) is 12.1 Å². The lowest BCUT2D eigenvalue weighted by molar-refractivity contribution is -0.384. The highest BCUT2D eigenvalue weighted by molar-refractivity contribution is 6.31. The van der Waals surface area contributed by atoms with Gasteiger partial charge in [0, 0.05) is 17.1 Å². The van der Waals surface area contributed by atoms with E-state index in [1.807, 2.05) is 0 Å². The van der Waals surface area contributed by atoms with Crippen LogP contribution in [0.4, 0.5) is 15.8 Å². The van der Waals surface area contributed by atoms with Gasteiger partial charge in [-0.05, 0) is 24.3 Å². The number of hydrogen-bond acceptors (Lipinski definition) is 4. The van der Waals surface area contributed by atoms with Crippen molar-refractivity contribution in [3.8, 4) is 5.75 Å². The number of nitro benzene ring substituents is 1. The summed E-state index contributed by atoms with van der Waals surface area (Å²) in [6.07, 6.45) is 0. The van der Waals surface area contributed by atoms with Gasteiger partial charge >= 0.3 is 0 Å². The monoisotopic (exact) mass is 296 g/mol. The van der Waals surface area contributed by atoms with Gasteiger partial charge in [-0.3, -0.25) is 10.1 Å². The first kappa shape index (κ1) is 14.1. The zero-order valence-corrected chi connectivity index (χ0v) is 10.9. The van der Waals surface area contributed by atoms with Crippen molar-refractivity contribution in [2.45, 2.75) is 6.54 Å². The van der Waals surface area contributed by atoms with Crippen LogP contribution in [0.15, 0.2) is 36.4 Å². The molecule has 0 fully saturated rings. The summed E-state index contributed by atoms with van der Waals surface area (Å²) in [4.78, 5) is 10.2. The molecular formula is C13H10ClFN2O3. The fourth-order valence-electron chi connectivity index (χ4n) is 1.71. The fourth-order valence-corrected chi connectivity index (χ4v) is 1.95. The summed E-state index contributed by atoms with van der Waals surface area (Å²) >= 11 is 5.93. The normalized spacial score (nSPS) is 10.3. The summed E-state index contributed by atoms with van der Waals surface area (Å²) < 4.78 is 13.0. The Balaban J connectivity index is 2.25. The standard InChI is InChI=1S/C13H10ClFN2O3/c14-10-2-1-3-13(18)9(10)7-16-11-5-4-8(15)6-12(11)17(19)20/h1-6,16,18H,7H2. The first-order chi connectivity index (χ1) is 9.49. The van der Waals surface area contributed by atoms with Crippen LogP contribution in [-0.2, 0) is 6.54 Å². The lowest BCUT2D eigenvalue weighted by Crippen LogP contribution is -2.03. The largest absolute Gasteiger partial charge is 0.508 e. The first-order valence-electron chi connectivity index (χ1n) is 5.63. The van der Waals surface area contributed by atoms with Gasteiger partial charge in [-0.25, -0.2) is 4.39 Å². The van der Waals surface area contributed by atoms with Crippen molar-refractivity contribution in [3.63, 3.8) is 0 Å². The van der Waals surface area contributed by atoms with Crippen molar-refractivity contribution in [1.82, 2.24) is 0 Å². The number of nitrogens with zero attached hydrogens (tertiary/aromatic N) is 1. The SMILES string of the molecule is O=[N+]([O-])c1cc(F)ccc1NCc1c(O)cccc1Cl. The van der Waals surface area contributed by atoms with E-state index >= 15 is 0 Å². The number of nitrogens with one attached hydrogen (secondary N) is 1. The third kappa shape index (κ3) is 2.97. The Hall–Kier alpha value is -2.34. The van der Waals surface area contributed by atoms with Gasteiger partial charge < -0.3 is 10.4 Å². The van der Waals surface area contributed by atoms with Crippen LogP contribution in [0, 0.1) is 15.9 Å². The summed E-state index contributed by atoms with van der Waals surface area (Å²) in [5.41, 5.74) is 0.181. The molecular weight excluding hydrogens is 287 g/mol. The van der Waals surface area contributed by atoms with E-state index in [4.69, 9.17) is 11.6 Å². The minimum Gasteiger partial charge on any atom is -0.508 e. The molecule has 2 aromatic carbocycles. The second-order valence-electron chi connectivity index (χ2n) is 4.01. The van der Waals surface area contributed by atoms with Crippen molar-refractivity contribution in [2.24, 2.45) is 0 Å². The van der Waals surface area contributed by atoms with Crippen molar-refractivity contribution >= 4 is 23.0 Å². The number of hydrogen-bond donors (Lipinski definition) is 2. The highest BCUT2D eigenvalue weighted by Crippen LogP contribution is 2.29. The summed E-state index contributed by atoms with van der Waals surface area (Å²) in [7, 11) is 0. The second-order valence-corrected chi connectivity index (χ2v) is 4.42. The van der Waals surface area contributed by atoms with Gasteiger partial charge in [0.05, 0.1) is 11.0 Å². The number of rotatable bonds is 4. The zero-order chi connectivity index (χ0) is 14.7. The van der Waals surface area contributed by atoms with Crippen molar-refractivity contribution in [3.05, 3.63) is 62.9 Å². The van der Waals surface area contributed by atoms with Gasteiger partial charge in [0.1, 0.15) is 17.3 Å². The molecule has 0 aliphatic rings. The summed E-state index contributed by atoms with van der Waals surface area (Å²) in [5.74, 6) is -0.711. The molecule has 0 amide bonds. The fraction of sp³-hybridized carbons (Fsp3) is 0.0769. The predicted octanol–water partition coefficient (Wildman–Crippen LogP) is 3.71. The minimum atomic E-state index is -0.692. The smallest absolute Gasteiger partial charge is 0.295 e. The molecule has 2 N–H and O–H groups in total. The molecule has 0 aliphatic heterocycles. The Morgan fingerprint density at radius 2 is 2.10 bits per heavy atom. The quantitative estimate of drug-likeness (QED) is 0.666. The molecule has 5 nitrogen and oxygen atoms in total. The van der Waals surface area contributed by atoms with Gasteiger partial charge in [0.25, 0.3) is 5.69 Å². The van der Waals surface area contributed by atoms with Gasteiger partial charge in [0.2, 0.25) is 0 Å². The maximum Gasteiger partial charge on any atom is 0.295 e. The maximum absolute atomic E-state index is 13.0. The molecule has 0 atom stereocenters. The van der Waals surface area contributed by atoms with Crippen LogP contribution in [0.25, 0.3) is 0 Å². The molecule has 2 aromatic rings. The van der Waals surface area contributed by atoms with E-state index in [9.17, 15) is 19.6 Å². The van der Waals surface area contributed by atoms with E-state index in [0.29, 0.717) is 10.6 Å². The Morgan fingerprint density at radius 1 is 1.35 bits per heavy atom. The van der Waals surface area contributed by atoms with E-state index in [2.05, 4.69) is 5.32 Å². The molecule has 0 spiro atoms. The first-order valence-corrected chi connectivity index (χ1v) is 6.01. The van der Waals surface area contributed by atoms with Crippen LogP contribution < -0.4 is 5.32 Å². The van der Waals surface area contributed by atoms with Crippen molar-refractivity contribution in [2.75, 3.05) is 5.32 Å². The number of phenolic OH excluding ortho intramolecular Hbond substituents is 1. The summed E-state index contributed by atoms with van der Waals surface area (Å²) in [5, 5.41) is 23.6. The number of aromatic hydroxyl groups is 1. The Bertz CT molecular complexity index is 644. The lowest BCUT2D eigenvalue weighted by atomic mass is 10.2. The van der Waals surface area contributed by atoms with Gasteiger partial charge in [-0.15, -0.1) is 0 Å². The third-order valence-electron chi connectivity index (χ3n) is 2.71. The Kier molecular flexibility index (Phi) is 4.05. The van der Waals surface area contributed by atoms with Gasteiger partial charge in [-0.2, -0.15) is 0 Å². The highest BCUT2D eigenvalue weighted by atomic mass is 35.5. The highest BCUT2D eigenvalue weighted by Gasteiger charge is 2.15. The molecule has 104 valence electrons. The van der Waals surface area contributed by atoms with Crippen LogP contribution in [0.3, 0.4) is 0 Å². The van der Waals surface area contributed by atoms with Crippen molar-refractivity contribution < 1.29 is 14.4 Å². The number of halogens is 2. The third-order valence-corrected chi connectivity index (χ3v) is 3.06. The lowest BCUT2D eigenvalue weighted by Gasteiger charge is -2.10. The number of anilines is 1. The Labute approximate surface area is 118 Å². The zero-order valence-electron chi connectivity index (χ0n) is 10.1. The molecule has 0 saturated heterocycles. The molecule has 20 heavy (non-hydrogen) atoms. The number of phenols is 1. The topological polar surface area (TPSA) is 75.4 Å². The number of nitro groups is 1. The molecule has 2 rings (SSSR count). The van der Waals surface area contributed by atoms with Crippen molar-refractivity contribution in [1.29, 1.82) is 0 Å². The summed E-state index contributed by atoms with van der Waals surface area (Å²) in [6.45, 7) is 0.0813. The van der Waals surface area contributed by atoms with Crippen LogP contribution >= 0.6 is 11.6 Å². The van der Waals surface area contributed by atoms with Crippen LogP contribution in [-0.4, -0.2) is 10.0 Å². The Morgan fingerprint density at radius 3 is 2.75 bits per heavy atom. The van der Waals surface area contributed by atoms with Crippen LogP contribution in [0.2, 0.25) is 5.02 Å². The predicted molar refractivity (Wildman–Crippen MR) is 73.5 cm³/mol. The minimum absolute atomic E-state index is 0.0187. The molecule has 0 aliphatic carbocycles. The molecule has 0 saturated carbocycles. The molecule has 0 heterocycles. The van der Waals surface area contributed by atoms with Crippen LogP contribution in [0.1, 0.15) is 5.56 Å². The number of benzene rings is 2. The maximum atomic E-state index is 13.0. The van der Waals surface area contributed by atoms with E-state index in [1.165, 1.54) is 12.1 Å². The molecule has 0 unspecified atom stereocenters. The van der Waals surface area contributed by atoms with Gasteiger partial charge in [-0.1, -0.05) is 17.7 Å². The molecule has 0 bridgehead atoms. The average Bonchev–Trinajstić information content (AvgIpc) is 2.39.